The smallest absolute Gasteiger partial charge is 0.326 e. The minimum Gasteiger partial charge on any atom is -0.480 e. The molecule has 1 rings (SSSR count). The number of carbonyl (C=O) groups excluding carboxylic acids is 4. The summed E-state index contributed by atoms with van der Waals surface area (Å²) in [6.45, 7) is 1.31. The molecule has 4 amide bonds. The summed E-state index contributed by atoms with van der Waals surface area (Å²) < 4.78 is 0. The van der Waals surface area contributed by atoms with Crippen LogP contribution in [0.5, 0.6) is 0 Å². The van der Waals surface area contributed by atoms with Gasteiger partial charge in [0.1, 0.15) is 24.2 Å². The maximum absolute atomic E-state index is 12.8. The maximum Gasteiger partial charge on any atom is 0.326 e. The van der Waals surface area contributed by atoms with Gasteiger partial charge in [0.15, 0.2) is 0 Å². The monoisotopic (exact) mass is 473 g/mol. The van der Waals surface area contributed by atoms with Crippen molar-refractivity contribution in [2.75, 3.05) is 5.75 Å². The molecular formula is C17H27N7O7S. The van der Waals surface area contributed by atoms with Gasteiger partial charge in [-0.05, 0) is 6.92 Å². The van der Waals surface area contributed by atoms with E-state index in [-0.39, 0.29) is 12.2 Å². The van der Waals surface area contributed by atoms with Crippen molar-refractivity contribution in [3.63, 3.8) is 0 Å². The second-order valence-electron chi connectivity index (χ2n) is 6.92. The number of rotatable bonds is 13. The predicted molar refractivity (Wildman–Crippen MR) is 113 cm³/mol. The van der Waals surface area contributed by atoms with Gasteiger partial charge >= 0.3 is 5.97 Å². The number of imidazole rings is 1. The first-order valence-corrected chi connectivity index (χ1v) is 10.0. The molecular weight excluding hydrogens is 446 g/mol. The number of carboxylic acid groups (broad SMARTS) is 1. The van der Waals surface area contributed by atoms with Gasteiger partial charge in [-0.15, -0.1) is 0 Å². The molecule has 0 saturated carbocycles. The Balaban J connectivity index is 2.94. The molecule has 10 N–H and O–H groups in total. The second kappa shape index (κ2) is 12.6. The van der Waals surface area contributed by atoms with Crippen molar-refractivity contribution in [3.05, 3.63) is 18.2 Å². The fraction of sp³-hybridized carbons (Fsp3) is 0.529. The highest BCUT2D eigenvalue weighted by molar-refractivity contribution is 7.80. The summed E-state index contributed by atoms with van der Waals surface area (Å²) in [5.41, 5.74) is 11.1. The van der Waals surface area contributed by atoms with Gasteiger partial charge in [0, 0.05) is 24.1 Å². The second-order valence-corrected chi connectivity index (χ2v) is 7.29. The van der Waals surface area contributed by atoms with E-state index in [1.807, 2.05) is 0 Å². The van der Waals surface area contributed by atoms with Crippen molar-refractivity contribution >= 4 is 42.2 Å². The first-order valence-electron chi connectivity index (χ1n) is 9.40. The predicted octanol–water partition coefficient (Wildman–Crippen LogP) is -4.00. The van der Waals surface area contributed by atoms with Crippen LogP contribution in [0.3, 0.4) is 0 Å². The Bertz CT molecular complexity index is 818. The number of nitrogens with zero attached hydrogens (tertiary/aromatic N) is 1. The van der Waals surface area contributed by atoms with Gasteiger partial charge in [0.2, 0.25) is 23.6 Å². The molecule has 0 aliphatic heterocycles. The molecule has 1 aromatic rings. The lowest BCUT2D eigenvalue weighted by Gasteiger charge is -2.24. The SMILES string of the molecule is CC(O)C(N)C(=O)NC(Cc1cnc[nH]1)C(=O)NC(CS)C(=O)NC(CC(N)=O)C(=O)O. The molecule has 0 fully saturated rings. The molecule has 0 bridgehead atoms. The molecule has 14 nitrogen and oxygen atoms in total. The zero-order valence-electron chi connectivity index (χ0n) is 17.1. The molecule has 0 aliphatic carbocycles. The van der Waals surface area contributed by atoms with Crippen LogP contribution >= 0.6 is 12.6 Å². The highest BCUT2D eigenvalue weighted by atomic mass is 32.1. The average Bonchev–Trinajstić information content (AvgIpc) is 3.22. The van der Waals surface area contributed by atoms with E-state index in [1.54, 1.807) is 0 Å². The average molecular weight is 474 g/mol. The van der Waals surface area contributed by atoms with Crippen LogP contribution in [0.15, 0.2) is 12.5 Å². The molecule has 15 heteroatoms. The fourth-order valence-electron chi connectivity index (χ4n) is 2.45. The molecule has 0 saturated heterocycles. The molecule has 0 aromatic carbocycles. The van der Waals surface area contributed by atoms with Gasteiger partial charge < -0.3 is 42.6 Å². The van der Waals surface area contributed by atoms with Crippen molar-refractivity contribution < 1.29 is 34.2 Å². The lowest BCUT2D eigenvalue weighted by atomic mass is 10.1. The fourth-order valence-corrected chi connectivity index (χ4v) is 2.71. The summed E-state index contributed by atoms with van der Waals surface area (Å²) >= 11 is 3.99. The van der Waals surface area contributed by atoms with Crippen molar-refractivity contribution in [2.45, 2.75) is 50.0 Å². The topological polar surface area (TPSA) is 243 Å². The van der Waals surface area contributed by atoms with Gasteiger partial charge in [-0.3, -0.25) is 19.2 Å². The maximum atomic E-state index is 12.8. The molecule has 5 atom stereocenters. The highest BCUT2D eigenvalue weighted by Crippen LogP contribution is 2.03. The highest BCUT2D eigenvalue weighted by Gasteiger charge is 2.31. The van der Waals surface area contributed by atoms with E-state index >= 15 is 0 Å². The number of aromatic nitrogens is 2. The Labute approximate surface area is 188 Å². The number of nitrogens with one attached hydrogen (secondary N) is 4. The Hall–Kier alpha value is -3.17. The van der Waals surface area contributed by atoms with Gasteiger partial charge in [-0.2, -0.15) is 12.6 Å². The van der Waals surface area contributed by atoms with E-state index in [2.05, 4.69) is 38.5 Å². The normalized spacial score (nSPS) is 15.5. The molecule has 178 valence electrons. The van der Waals surface area contributed by atoms with Crippen LogP contribution in [0, 0.1) is 0 Å². The minimum absolute atomic E-state index is 0.0512. The number of aromatic amines is 1. The summed E-state index contributed by atoms with van der Waals surface area (Å²) in [5.74, 6) is -5.19. The Morgan fingerprint density at radius 3 is 2.12 bits per heavy atom. The number of hydrogen-bond acceptors (Lipinski definition) is 9. The molecule has 0 radical (unpaired) electrons. The largest absolute Gasteiger partial charge is 0.480 e. The van der Waals surface area contributed by atoms with E-state index < -0.39 is 66.3 Å². The Kier molecular flexibility index (Phi) is 10.6. The van der Waals surface area contributed by atoms with Gasteiger partial charge in [-0.1, -0.05) is 0 Å². The number of amides is 4. The quantitative estimate of drug-likeness (QED) is 0.127. The summed E-state index contributed by atoms with van der Waals surface area (Å²) in [6, 6.07) is -5.42. The first-order chi connectivity index (χ1) is 15.0. The van der Waals surface area contributed by atoms with E-state index in [0.29, 0.717) is 5.69 Å². The molecule has 0 spiro atoms. The third-order valence-corrected chi connectivity index (χ3v) is 4.63. The summed E-state index contributed by atoms with van der Waals surface area (Å²) in [4.78, 5) is 66.3. The molecule has 5 unspecified atom stereocenters. The number of H-pyrrole nitrogens is 1. The van der Waals surface area contributed by atoms with Gasteiger partial charge in [0.25, 0.3) is 0 Å². The van der Waals surface area contributed by atoms with Crippen LogP contribution in [0.2, 0.25) is 0 Å². The van der Waals surface area contributed by atoms with Crippen LogP contribution in [0.4, 0.5) is 0 Å². The van der Waals surface area contributed by atoms with Crippen LogP contribution in [0.1, 0.15) is 19.0 Å². The summed E-state index contributed by atoms with van der Waals surface area (Å²) in [6.07, 6.45) is 0.905. The zero-order chi connectivity index (χ0) is 24.4. The first kappa shape index (κ1) is 26.9. The van der Waals surface area contributed by atoms with Crippen molar-refractivity contribution in [1.29, 1.82) is 0 Å². The number of carboxylic acids is 1. The van der Waals surface area contributed by atoms with Gasteiger partial charge in [-0.25, -0.2) is 9.78 Å². The van der Waals surface area contributed by atoms with Crippen molar-refractivity contribution in [2.24, 2.45) is 11.5 Å². The van der Waals surface area contributed by atoms with Gasteiger partial charge in [0.05, 0.1) is 18.9 Å². The number of carbonyl (C=O) groups is 5. The number of primary amides is 1. The van der Waals surface area contributed by atoms with Crippen LogP contribution < -0.4 is 27.4 Å². The van der Waals surface area contributed by atoms with Crippen LogP contribution in [-0.4, -0.2) is 85.8 Å². The van der Waals surface area contributed by atoms with E-state index in [0.717, 1.165) is 0 Å². The lowest BCUT2D eigenvalue weighted by Crippen LogP contribution is -2.59. The third kappa shape index (κ3) is 8.52. The minimum atomic E-state index is -1.59. The number of hydrogen-bond donors (Lipinski definition) is 9. The molecule has 1 heterocycles. The van der Waals surface area contributed by atoms with Crippen molar-refractivity contribution in [1.82, 2.24) is 25.9 Å². The van der Waals surface area contributed by atoms with Crippen LogP contribution in [-0.2, 0) is 30.4 Å². The number of aliphatic carboxylic acids is 1. The zero-order valence-corrected chi connectivity index (χ0v) is 18.0. The van der Waals surface area contributed by atoms with E-state index in [1.165, 1.54) is 19.4 Å². The van der Waals surface area contributed by atoms with Crippen molar-refractivity contribution in [3.8, 4) is 0 Å². The number of aliphatic hydroxyl groups is 1. The van der Waals surface area contributed by atoms with Crippen LogP contribution in [0.25, 0.3) is 0 Å². The standard InChI is InChI=1S/C17H27N7O7S/c1-7(25)13(19)16(29)22-9(2-8-4-20-6-21-8)14(27)24-11(5-32)15(28)23-10(17(30)31)3-12(18)26/h4,6-7,9-11,13,25,32H,2-3,5,19H2,1H3,(H2,18,26)(H,20,21)(H,22,29)(H,23,28)(H,24,27)(H,30,31). The van der Waals surface area contributed by atoms with E-state index in [4.69, 9.17) is 16.6 Å². The Morgan fingerprint density at radius 1 is 1.09 bits per heavy atom. The summed E-state index contributed by atoms with van der Waals surface area (Å²) in [7, 11) is 0. The number of nitrogens with two attached hydrogens (primary N) is 2. The summed E-state index contributed by atoms with van der Waals surface area (Å²) in [5, 5.41) is 25.5. The molecule has 1 aromatic heterocycles. The number of aliphatic hydroxyl groups excluding tert-OH is 1. The Morgan fingerprint density at radius 2 is 1.66 bits per heavy atom. The number of thiol groups is 1. The third-order valence-electron chi connectivity index (χ3n) is 4.27. The molecule has 32 heavy (non-hydrogen) atoms. The lowest BCUT2D eigenvalue weighted by molar-refractivity contribution is -0.143. The van der Waals surface area contributed by atoms with E-state index in [9.17, 15) is 29.1 Å². The molecule has 0 aliphatic rings.